The van der Waals surface area contributed by atoms with Gasteiger partial charge in [-0.1, -0.05) is 0 Å². The molecule has 0 amide bonds. The van der Waals surface area contributed by atoms with Gasteiger partial charge in [-0.25, -0.2) is 15.0 Å². The van der Waals surface area contributed by atoms with Gasteiger partial charge in [-0.2, -0.15) is 5.26 Å². The molecular formula is C22H24N8O. The maximum atomic E-state index is 8.83. The summed E-state index contributed by atoms with van der Waals surface area (Å²) >= 11 is 0. The molecule has 1 aromatic carbocycles. The molecule has 0 aliphatic carbocycles. The average molecular weight is 416 g/mol. The van der Waals surface area contributed by atoms with E-state index in [0.717, 1.165) is 31.1 Å². The van der Waals surface area contributed by atoms with Crippen LogP contribution in [0.2, 0.25) is 0 Å². The highest BCUT2D eigenvalue weighted by Gasteiger charge is 2.30. The number of aromatic nitrogens is 4. The zero-order valence-corrected chi connectivity index (χ0v) is 17.4. The van der Waals surface area contributed by atoms with Crippen LogP contribution in [0.1, 0.15) is 18.5 Å². The summed E-state index contributed by atoms with van der Waals surface area (Å²) in [6, 6.07) is 8.96. The molecule has 9 heteroatoms. The van der Waals surface area contributed by atoms with Crippen molar-refractivity contribution in [1.82, 2.24) is 24.4 Å². The number of imidazole rings is 1. The van der Waals surface area contributed by atoms with Crippen molar-refractivity contribution in [3.05, 3.63) is 48.8 Å². The van der Waals surface area contributed by atoms with Gasteiger partial charge < -0.3 is 19.5 Å². The van der Waals surface area contributed by atoms with Gasteiger partial charge >= 0.3 is 0 Å². The summed E-state index contributed by atoms with van der Waals surface area (Å²) < 4.78 is 7.63. The molecule has 31 heavy (non-hydrogen) atoms. The second kappa shape index (κ2) is 8.24. The summed E-state index contributed by atoms with van der Waals surface area (Å²) in [5.41, 5.74) is 2.38. The predicted molar refractivity (Wildman–Crippen MR) is 117 cm³/mol. The molecule has 3 aromatic rings. The molecule has 1 atom stereocenters. The minimum absolute atomic E-state index is 0.273. The molecule has 0 bridgehead atoms. The zero-order chi connectivity index (χ0) is 21.2. The number of nitrogens with one attached hydrogen (secondary N) is 1. The quantitative estimate of drug-likeness (QED) is 0.678. The first kappa shape index (κ1) is 19.3. The fourth-order valence-electron chi connectivity index (χ4n) is 4.40. The number of piperazine rings is 1. The first-order chi connectivity index (χ1) is 15.2. The Bertz CT molecular complexity index is 1100. The highest BCUT2D eigenvalue weighted by Crippen LogP contribution is 2.32. The van der Waals surface area contributed by atoms with E-state index >= 15 is 0 Å². The van der Waals surface area contributed by atoms with Crippen LogP contribution in [0, 0.1) is 11.3 Å². The van der Waals surface area contributed by atoms with Gasteiger partial charge in [0.1, 0.15) is 29.8 Å². The van der Waals surface area contributed by atoms with Gasteiger partial charge in [-0.3, -0.25) is 4.90 Å². The van der Waals surface area contributed by atoms with Gasteiger partial charge in [0.25, 0.3) is 0 Å². The Kier molecular flexibility index (Phi) is 5.14. The Morgan fingerprint density at radius 2 is 2.06 bits per heavy atom. The number of hydrogen-bond donors (Lipinski definition) is 1. The van der Waals surface area contributed by atoms with Crippen LogP contribution in [0.15, 0.2) is 43.1 Å². The van der Waals surface area contributed by atoms with E-state index in [2.05, 4.69) is 48.3 Å². The number of fused-ring (bicyclic) bond motifs is 1. The number of hydrogen-bond acceptors (Lipinski definition) is 8. The van der Waals surface area contributed by atoms with Crippen molar-refractivity contribution in [2.24, 2.45) is 0 Å². The molecule has 2 aliphatic rings. The third-order valence-electron chi connectivity index (χ3n) is 6.00. The maximum absolute atomic E-state index is 8.83. The second-order valence-electron chi connectivity index (χ2n) is 7.82. The van der Waals surface area contributed by atoms with Crippen LogP contribution in [0.4, 0.5) is 17.3 Å². The highest BCUT2D eigenvalue weighted by atomic mass is 16.5. The summed E-state index contributed by atoms with van der Waals surface area (Å²) in [5, 5.41) is 11.9. The average Bonchev–Trinajstić information content (AvgIpc) is 3.48. The van der Waals surface area contributed by atoms with Crippen molar-refractivity contribution in [3.8, 4) is 17.5 Å². The van der Waals surface area contributed by atoms with E-state index in [1.54, 1.807) is 13.4 Å². The summed E-state index contributed by atoms with van der Waals surface area (Å²) in [4.78, 5) is 17.7. The molecule has 0 radical (unpaired) electrons. The van der Waals surface area contributed by atoms with Crippen LogP contribution in [-0.4, -0.2) is 63.7 Å². The number of benzene rings is 1. The van der Waals surface area contributed by atoms with Crippen molar-refractivity contribution in [2.75, 3.05) is 43.5 Å². The number of nitriles is 1. The molecular weight excluding hydrogens is 392 g/mol. The lowest BCUT2D eigenvalue weighted by molar-refractivity contribution is 0.231. The van der Waals surface area contributed by atoms with Crippen molar-refractivity contribution in [3.63, 3.8) is 0 Å². The van der Waals surface area contributed by atoms with Crippen LogP contribution in [0.25, 0.3) is 5.69 Å². The second-order valence-corrected chi connectivity index (χ2v) is 7.82. The minimum Gasteiger partial charge on any atom is -0.494 e. The largest absolute Gasteiger partial charge is 0.494 e. The Morgan fingerprint density at radius 3 is 2.87 bits per heavy atom. The van der Waals surface area contributed by atoms with E-state index in [4.69, 9.17) is 10.00 Å². The molecule has 0 saturated carbocycles. The fraction of sp³-hybridized carbons (Fsp3) is 0.364. The SMILES string of the molecule is COc1cc(N2CCN3CCC[C@H]3C2)ccc1-n1cnc(Nc2cnc(C#N)cn2)c1. The molecule has 2 saturated heterocycles. The van der Waals surface area contributed by atoms with Crippen LogP contribution in [0.5, 0.6) is 5.75 Å². The molecule has 158 valence electrons. The summed E-state index contributed by atoms with van der Waals surface area (Å²) in [6.07, 6.45) is 9.14. The summed E-state index contributed by atoms with van der Waals surface area (Å²) in [5.74, 6) is 1.95. The Morgan fingerprint density at radius 1 is 1.13 bits per heavy atom. The molecule has 0 spiro atoms. The Hall–Kier alpha value is -3.64. The molecule has 0 unspecified atom stereocenters. The van der Waals surface area contributed by atoms with Gasteiger partial charge in [0.15, 0.2) is 5.69 Å². The summed E-state index contributed by atoms with van der Waals surface area (Å²) in [6.45, 7) is 4.49. The van der Waals surface area contributed by atoms with E-state index in [1.165, 1.54) is 37.5 Å². The lowest BCUT2D eigenvalue weighted by Gasteiger charge is -2.39. The molecule has 4 heterocycles. The van der Waals surface area contributed by atoms with E-state index < -0.39 is 0 Å². The van der Waals surface area contributed by atoms with Gasteiger partial charge in [0, 0.05) is 37.4 Å². The first-order valence-electron chi connectivity index (χ1n) is 10.4. The van der Waals surface area contributed by atoms with Gasteiger partial charge in [-0.05, 0) is 31.5 Å². The van der Waals surface area contributed by atoms with Crippen molar-refractivity contribution in [1.29, 1.82) is 5.26 Å². The standard InChI is InChI=1S/C22H24N8O/c1-31-20-9-17(29-8-7-28-6-2-3-18(28)13-29)4-5-19(20)30-14-22(26-15-30)27-21-12-24-16(10-23)11-25-21/h4-5,9,11-12,14-15,18H,2-3,6-8,13H2,1H3,(H,25,27)/t18-/m0/s1. The van der Waals surface area contributed by atoms with Crippen molar-refractivity contribution < 1.29 is 4.74 Å². The first-order valence-corrected chi connectivity index (χ1v) is 10.4. The molecule has 2 aliphatic heterocycles. The van der Waals surface area contributed by atoms with E-state index in [9.17, 15) is 0 Å². The molecule has 1 N–H and O–H groups in total. The number of nitrogens with zero attached hydrogens (tertiary/aromatic N) is 7. The van der Waals surface area contributed by atoms with Crippen LogP contribution in [-0.2, 0) is 0 Å². The Balaban J connectivity index is 1.33. The third kappa shape index (κ3) is 3.90. The topological polar surface area (TPSA) is 95.1 Å². The van der Waals surface area contributed by atoms with Crippen molar-refractivity contribution >= 4 is 17.3 Å². The number of anilines is 3. The van der Waals surface area contributed by atoms with Crippen LogP contribution >= 0.6 is 0 Å². The van der Waals surface area contributed by atoms with Gasteiger partial charge in [0.2, 0.25) is 0 Å². The smallest absolute Gasteiger partial charge is 0.158 e. The third-order valence-corrected chi connectivity index (χ3v) is 6.00. The van der Waals surface area contributed by atoms with Crippen LogP contribution in [0.3, 0.4) is 0 Å². The summed E-state index contributed by atoms with van der Waals surface area (Å²) in [7, 11) is 1.69. The lowest BCUT2D eigenvalue weighted by atomic mass is 10.1. The zero-order valence-electron chi connectivity index (χ0n) is 17.4. The number of ether oxygens (including phenoxy) is 1. The molecule has 9 nitrogen and oxygen atoms in total. The molecule has 2 fully saturated rings. The Labute approximate surface area is 180 Å². The van der Waals surface area contributed by atoms with Crippen LogP contribution < -0.4 is 15.0 Å². The fourth-order valence-corrected chi connectivity index (χ4v) is 4.40. The maximum Gasteiger partial charge on any atom is 0.158 e. The van der Waals surface area contributed by atoms with E-state index in [1.807, 2.05) is 16.8 Å². The highest BCUT2D eigenvalue weighted by molar-refractivity contribution is 5.61. The number of methoxy groups -OCH3 is 1. The lowest BCUT2D eigenvalue weighted by Crippen LogP contribution is -2.50. The monoisotopic (exact) mass is 416 g/mol. The normalized spacial score (nSPS) is 18.5. The number of rotatable bonds is 5. The molecule has 2 aromatic heterocycles. The minimum atomic E-state index is 0.273. The van der Waals surface area contributed by atoms with Gasteiger partial charge in [0.05, 0.1) is 31.4 Å². The predicted octanol–water partition coefficient (Wildman–Crippen LogP) is 2.57. The van der Waals surface area contributed by atoms with Crippen molar-refractivity contribution in [2.45, 2.75) is 18.9 Å². The van der Waals surface area contributed by atoms with E-state index in [0.29, 0.717) is 17.7 Å². The van der Waals surface area contributed by atoms with E-state index in [-0.39, 0.29) is 5.69 Å². The van der Waals surface area contributed by atoms with Gasteiger partial charge in [-0.15, -0.1) is 0 Å². The molecule has 5 rings (SSSR count).